The molecule has 0 bridgehead atoms. The minimum atomic E-state index is -2.81. The Bertz CT molecular complexity index is 1220. The van der Waals surface area contributed by atoms with Gasteiger partial charge in [-0.3, -0.25) is 4.79 Å². The number of nitrogens with zero attached hydrogens (tertiary/aromatic N) is 1. The summed E-state index contributed by atoms with van der Waals surface area (Å²) in [5.74, 6) is -0.982. The third-order valence-electron chi connectivity index (χ3n) is 8.19. The fraction of sp³-hybridized carbons (Fsp3) is 0.424. The van der Waals surface area contributed by atoms with E-state index in [0.29, 0.717) is 13.2 Å². The Kier molecular flexibility index (Phi) is 7.59. The Morgan fingerprint density at radius 1 is 0.821 bits per heavy atom. The minimum Gasteiger partial charge on any atom is -0.405 e. The quantitative estimate of drug-likeness (QED) is 0.388. The molecule has 4 atom stereocenters. The minimum absolute atomic E-state index is 0.0810. The number of fused-ring (bicyclic) bond motifs is 1. The highest BCUT2D eigenvalue weighted by atomic mass is 28.4. The van der Waals surface area contributed by atoms with E-state index in [1.807, 2.05) is 43.9 Å². The van der Waals surface area contributed by atoms with Gasteiger partial charge in [0.2, 0.25) is 5.91 Å². The van der Waals surface area contributed by atoms with Crippen molar-refractivity contribution in [3.8, 4) is 0 Å². The largest absolute Gasteiger partial charge is 0.405 e. The zero-order chi connectivity index (χ0) is 27.8. The summed E-state index contributed by atoms with van der Waals surface area (Å²) in [4.78, 5) is 15.9. The first-order valence-corrected chi connectivity index (χ1v) is 15.9. The summed E-state index contributed by atoms with van der Waals surface area (Å²) in [6, 6.07) is 31.1. The second-order valence-electron chi connectivity index (χ2n) is 12.3. The van der Waals surface area contributed by atoms with Crippen molar-refractivity contribution in [2.45, 2.75) is 77.2 Å². The standard InChI is InChI=1S/C33H41NO4Si/c1-24-29-30(38-33(5,6)37-29)28(34(31(24)35)22-25-16-10-7-11-17-25)23-36-39(32(2,3)4,26-18-12-8-13-19-26)27-20-14-9-15-21-27/h7-21,24,28-30H,22-23H2,1-6H3/t24-,28+,29+,30+/m0/s1. The lowest BCUT2D eigenvalue weighted by molar-refractivity contribution is -0.154. The van der Waals surface area contributed by atoms with Gasteiger partial charge in [0.15, 0.2) is 5.79 Å². The summed E-state index contributed by atoms with van der Waals surface area (Å²) < 4.78 is 20.2. The first kappa shape index (κ1) is 27.8. The number of likely N-dealkylation sites (tertiary alicyclic amines) is 1. The van der Waals surface area contributed by atoms with E-state index in [-0.39, 0.29) is 35.1 Å². The molecular formula is C33H41NO4Si. The Balaban J connectivity index is 1.58. The number of benzene rings is 3. The van der Waals surface area contributed by atoms with Gasteiger partial charge < -0.3 is 18.8 Å². The van der Waals surface area contributed by atoms with Crippen LogP contribution in [0, 0.1) is 5.92 Å². The Labute approximate surface area is 234 Å². The lowest BCUT2D eigenvalue weighted by Gasteiger charge is -2.47. The molecule has 2 aliphatic heterocycles. The number of rotatable bonds is 7. The van der Waals surface area contributed by atoms with E-state index in [0.717, 1.165) is 5.56 Å². The Morgan fingerprint density at radius 2 is 1.31 bits per heavy atom. The summed E-state index contributed by atoms with van der Waals surface area (Å²) in [6.07, 6.45) is -0.595. The lowest BCUT2D eigenvalue weighted by Crippen LogP contribution is -2.69. The van der Waals surface area contributed by atoms with Crippen LogP contribution in [0.5, 0.6) is 0 Å². The molecule has 39 heavy (non-hydrogen) atoms. The first-order valence-electron chi connectivity index (χ1n) is 14.0. The molecule has 2 saturated heterocycles. The molecule has 1 amide bonds. The fourth-order valence-corrected chi connectivity index (χ4v) is 11.0. The van der Waals surface area contributed by atoms with Crippen LogP contribution < -0.4 is 10.4 Å². The van der Waals surface area contributed by atoms with Gasteiger partial charge in [0.25, 0.3) is 8.32 Å². The molecule has 2 aliphatic rings. The van der Waals surface area contributed by atoms with E-state index in [1.54, 1.807) is 0 Å². The van der Waals surface area contributed by atoms with Crippen molar-refractivity contribution in [1.82, 2.24) is 4.90 Å². The van der Waals surface area contributed by atoms with Gasteiger partial charge in [-0.05, 0) is 34.8 Å². The second kappa shape index (κ2) is 10.7. The van der Waals surface area contributed by atoms with Crippen LogP contribution in [-0.2, 0) is 25.2 Å². The van der Waals surface area contributed by atoms with E-state index in [2.05, 4.69) is 93.6 Å². The highest BCUT2D eigenvalue weighted by Crippen LogP contribution is 2.42. The first-order chi connectivity index (χ1) is 18.5. The van der Waals surface area contributed by atoms with Crippen molar-refractivity contribution in [3.05, 3.63) is 96.6 Å². The van der Waals surface area contributed by atoms with Crippen LogP contribution in [0.25, 0.3) is 0 Å². The number of ether oxygens (including phenoxy) is 2. The van der Waals surface area contributed by atoms with Crippen molar-refractivity contribution < 1.29 is 18.7 Å². The molecule has 5 nitrogen and oxygen atoms in total. The second-order valence-corrected chi connectivity index (χ2v) is 16.7. The molecule has 0 saturated carbocycles. The van der Waals surface area contributed by atoms with E-state index in [4.69, 9.17) is 13.9 Å². The number of carbonyl (C=O) groups excluding carboxylic acids is 1. The third kappa shape index (κ3) is 5.23. The molecule has 3 aromatic carbocycles. The Hall–Kier alpha value is -2.77. The molecule has 6 heteroatoms. The van der Waals surface area contributed by atoms with Crippen LogP contribution in [0.3, 0.4) is 0 Å². The summed E-state index contributed by atoms with van der Waals surface area (Å²) in [7, 11) is -2.81. The molecular weight excluding hydrogens is 502 g/mol. The number of hydrogen-bond acceptors (Lipinski definition) is 4. The van der Waals surface area contributed by atoms with Gasteiger partial charge in [-0.1, -0.05) is 119 Å². The fourth-order valence-electron chi connectivity index (χ4n) is 6.38. The maximum atomic E-state index is 13.9. The molecule has 0 unspecified atom stereocenters. The topological polar surface area (TPSA) is 48.0 Å². The van der Waals surface area contributed by atoms with Crippen molar-refractivity contribution in [2.24, 2.45) is 5.92 Å². The molecule has 0 aromatic heterocycles. The van der Waals surface area contributed by atoms with Gasteiger partial charge >= 0.3 is 0 Å². The SMILES string of the molecule is C[C@@H]1C(=O)N(Cc2ccccc2)[C@H](CO[Si](c2ccccc2)(c2ccccc2)C(C)(C)C)[C@H]2OC(C)(C)O[C@@H]21. The molecule has 206 valence electrons. The maximum absolute atomic E-state index is 13.9. The predicted octanol–water partition coefficient (Wildman–Crippen LogP) is 5.13. The van der Waals surface area contributed by atoms with Crippen LogP contribution in [0.2, 0.25) is 5.04 Å². The predicted molar refractivity (Wildman–Crippen MR) is 157 cm³/mol. The third-order valence-corrected chi connectivity index (χ3v) is 13.2. The van der Waals surface area contributed by atoms with Crippen molar-refractivity contribution in [1.29, 1.82) is 0 Å². The summed E-state index contributed by atoms with van der Waals surface area (Å²) in [5, 5.41) is 2.26. The van der Waals surface area contributed by atoms with E-state index >= 15 is 0 Å². The average Bonchev–Trinajstić information content (AvgIpc) is 3.25. The van der Waals surface area contributed by atoms with Crippen molar-refractivity contribution in [3.63, 3.8) is 0 Å². The van der Waals surface area contributed by atoms with E-state index < -0.39 is 14.1 Å². The zero-order valence-electron chi connectivity index (χ0n) is 24.0. The summed E-state index contributed by atoms with van der Waals surface area (Å²) >= 11 is 0. The molecule has 0 spiro atoms. The number of carbonyl (C=O) groups is 1. The zero-order valence-corrected chi connectivity index (χ0v) is 25.0. The molecule has 2 fully saturated rings. The molecule has 2 heterocycles. The van der Waals surface area contributed by atoms with Crippen molar-refractivity contribution in [2.75, 3.05) is 6.61 Å². The summed E-state index contributed by atoms with van der Waals surface area (Å²) in [5.41, 5.74) is 1.09. The average molecular weight is 544 g/mol. The maximum Gasteiger partial charge on any atom is 0.261 e. The molecule has 0 aliphatic carbocycles. The van der Waals surface area contributed by atoms with Gasteiger partial charge in [-0.25, -0.2) is 0 Å². The Morgan fingerprint density at radius 3 is 1.82 bits per heavy atom. The molecule has 0 N–H and O–H groups in total. The van der Waals surface area contributed by atoms with Crippen LogP contribution in [0.1, 0.15) is 47.1 Å². The van der Waals surface area contributed by atoms with Crippen LogP contribution in [-0.4, -0.2) is 49.8 Å². The highest BCUT2D eigenvalue weighted by Gasteiger charge is 2.57. The van der Waals surface area contributed by atoms with E-state index in [9.17, 15) is 4.79 Å². The monoisotopic (exact) mass is 543 g/mol. The van der Waals surface area contributed by atoms with Gasteiger partial charge in [0.05, 0.1) is 18.6 Å². The molecule has 0 radical (unpaired) electrons. The number of hydrogen-bond donors (Lipinski definition) is 0. The smallest absolute Gasteiger partial charge is 0.261 e. The van der Waals surface area contributed by atoms with Gasteiger partial charge in [-0.2, -0.15) is 0 Å². The van der Waals surface area contributed by atoms with Crippen LogP contribution in [0.4, 0.5) is 0 Å². The van der Waals surface area contributed by atoms with Gasteiger partial charge in [-0.15, -0.1) is 0 Å². The van der Waals surface area contributed by atoms with E-state index in [1.165, 1.54) is 10.4 Å². The number of amides is 1. The highest BCUT2D eigenvalue weighted by molar-refractivity contribution is 6.99. The normalized spacial score (nSPS) is 25.0. The summed E-state index contributed by atoms with van der Waals surface area (Å²) in [6.45, 7) is 13.5. The van der Waals surface area contributed by atoms with Crippen LogP contribution >= 0.6 is 0 Å². The van der Waals surface area contributed by atoms with Gasteiger partial charge in [0, 0.05) is 6.54 Å². The molecule has 3 aromatic rings. The number of piperidine rings is 1. The van der Waals surface area contributed by atoms with Gasteiger partial charge in [0.1, 0.15) is 12.2 Å². The van der Waals surface area contributed by atoms with Crippen molar-refractivity contribution >= 4 is 24.6 Å². The molecule has 5 rings (SSSR count). The van der Waals surface area contributed by atoms with Crippen LogP contribution in [0.15, 0.2) is 91.0 Å². The lowest BCUT2D eigenvalue weighted by atomic mass is 9.87.